The van der Waals surface area contributed by atoms with Crippen LogP contribution >= 0.6 is 11.6 Å². The lowest BCUT2D eigenvalue weighted by molar-refractivity contribution is 0.0928. The van der Waals surface area contributed by atoms with Gasteiger partial charge in [-0.15, -0.1) is 0 Å². The summed E-state index contributed by atoms with van der Waals surface area (Å²) in [5.74, 6) is 0.694. The average molecular weight is 409 g/mol. The zero-order chi connectivity index (χ0) is 20.2. The highest BCUT2D eigenvalue weighted by Gasteiger charge is 2.18. The number of aromatic nitrogens is 1. The van der Waals surface area contributed by atoms with Gasteiger partial charge in [0.05, 0.1) is 17.8 Å². The molecule has 2 aromatic carbocycles. The first-order valence-electron chi connectivity index (χ1n) is 10.3. The fourth-order valence-corrected chi connectivity index (χ4v) is 4.11. The number of pyridine rings is 1. The normalized spacial score (nSPS) is 14.7. The van der Waals surface area contributed by atoms with Crippen LogP contribution in [0.25, 0.3) is 22.2 Å². The fourth-order valence-electron chi connectivity index (χ4n) is 3.92. The molecular formula is C24H25ClN2O2. The van der Waals surface area contributed by atoms with Gasteiger partial charge in [0.15, 0.2) is 0 Å². The molecule has 1 saturated carbocycles. The van der Waals surface area contributed by atoms with Gasteiger partial charge in [-0.05, 0) is 50.1 Å². The minimum Gasteiger partial charge on any atom is -0.493 e. The molecule has 4 nitrogen and oxygen atoms in total. The Morgan fingerprint density at radius 1 is 1.14 bits per heavy atom. The second-order valence-electron chi connectivity index (χ2n) is 7.49. The molecule has 1 fully saturated rings. The molecule has 1 N–H and O–H groups in total. The van der Waals surface area contributed by atoms with Gasteiger partial charge in [0.1, 0.15) is 5.75 Å². The smallest absolute Gasteiger partial charge is 0.251 e. The molecule has 0 atom stereocenters. The number of hydrogen-bond donors (Lipinski definition) is 1. The Labute approximate surface area is 176 Å². The van der Waals surface area contributed by atoms with E-state index in [0.717, 1.165) is 40.8 Å². The highest BCUT2D eigenvalue weighted by molar-refractivity contribution is 6.30. The van der Waals surface area contributed by atoms with Gasteiger partial charge in [-0.3, -0.25) is 4.79 Å². The van der Waals surface area contributed by atoms with E-state index in [9.17, 15) is 4.79 Å². The van der Waals surface area contributed by atoms with E-state index in [2.05, 4.69) is 5.32 Å². The molecule has 0 radical (unpaired) electrons. The van der Waals surface area contributed by atoms with Crippen LogP contribution in [0, 0.1) is 0 Å². The van der Waals surface area contributed by atoms with Crippen molar-refractivity contribution in [3.8, 4) is 17.0 Å². The van der Waals surface area contributed by atoms with Crippen molar-refractivity contribution in [2.45, 2.75) is 45.1 Å². The molecule has 1 amide bonds. The number of ether oxygens (including phenoxy) is 1. The van der Waals surface area contributed by atoms with Crippen molar-refractivity contribution < 1.29 is 9.53 Å². The number of hydrogen-bond acceptors (Lipinski definition) is 3. The Morgan fingerprint density at radius 2 is 1.97 bits per heavy atom. The number of nitrogens with one attached hydrogen (secondary N) is 1. The van der Waals surface area contributed by atoms with Crippen molar-refractivity contribution >= 4 is 28.4 Å². The van der Waals surface area contributed by atoms with Gasteiger partial charge in [0.25, 0.3) is 5.91 Å². The number of rotatable bonds is 5. The first-order valence-corrected chi connectivity index (χ1v) is 10.7. The summed E-state index contributed by atoms with van der Waals surface area (Å²) in [5.41, 5.74) is 3.16. The molecule has 5 heteroatoms. The van der Waals surface area contributed by atoms with Crippen molar-refractivity contribution in [3.63, 3.8) is 0 Å². The molecule has 1 heterocycles. The van der Waals surface area contributed by atoms with Crippen LogP contribution in [0.1, 0.15) is 49.4 Å². The van der Waals surface area contributed by atoms with E-state index in [1.54, 1.807) is 0 Å². The Bertz CT molecular complexity index is 1030. The maximum Gasteiger partial charge on any atom is 0.251 e. The predicted molar refractivity (Wildman–Crippen MR) is 118 cm³/mol. The predicted octanol–water partition coefficient (Wildman–Crippen LogP) is 6.02. The van der Waals surface area contributed by atoms with Gasteiger partial charge in [0, 0.05) is 33.6 Å². The summed E-state index contributed by atoms with van der Waals surface area (Å²) in [6.45, 7) is 2.48. The Kier molecular flexibility index (Phi) is 6.00. The van der Waals surface area contributed by atoms with Gasteiger partial charge < -0.3 is 10.1 Å². The fraction of sp³-hybridized carbons (Fsp3) is 0.333. The van der Waals surface area contributed by atoms with Gasteiger partial charge >= 0.3 is 0 Å². The minimum atomic E-state index is -0.0276. The summed E-state index contributed by atoms with van der Waals surface area (Å²) in [6.07, 6.45) is 5.77. The third kappa shape index (κ3) is 4.54. The van der Waals surface area contributed by atoms with Crippen LogP contribution in [0.4, 0.5) is 0 Å². The molecular weight excluding hydrogens is 384 g/mol. The van der Waals surface area contributed by atoms with E-state index < -0.39 is 0 Å². The Morgan fingerprint density at radius 3 is 2.72 bits per heavy atom. The van der Waals surface area contributed by atoms with Gasteiger partial charge in [0.2, 0.25) is 0 Å². The summed E-state index contributed by atoms with van der Waals surface area (Å²) in [6, 6.07) is 15.4. The second kappa shape index (κ2) is 8.83. The van der Waals surface area contributed by atoms with Crippen LogP contribution < -0.4 is 10.1 Å². The molecule has 150 valence electrons. The van der Waals surface area contributed by atoms with Crippen molar-refractivity contribution in [1.29, 1.82) is 0 Å². The zero-order valence-electron chi connectivity index (χ0n) is 16.6. The first-order chi connectivity index (χ1) is 14.1. The highest BCUT2D eigenvalue weighted by atomic mass is 35.5. The molecule has 0 spiro atoms. The summed E-state index contributed by atoms with van der Waals surface area (Å²) in [4.78, 5) is 17.5. The second-order valence-corrected chi connectivity index (χ2v) is 7.93. The number of benzene rings is 2. The van der Waals surface area contributed by atoms with Crippen molar-refractivity contribution in [1.82, 2.24) is 10.3 Å². The van der Waals surface area contributed by atoms with Crippen LogP contribution in [0.5, 0.6) is 5.75 Å². The molecule has 0 aliphatic heterocycles. The lowest BCUT2D eigenvalue weighted by atomic mass is 9.95. The van der Waals surface area contributed by atoms with E-state index in [1.807, 2.05) is 55.5 Å². The molecule has 29 heavy (non-hydrogen) atoms. The number of halogens is 1. The summed E-state index contributed by atoms with van der Waals surface area (Å²) in [7, 11) is 0. The SMILES string of the molecule is CCOc1cc(-c2cccc(Cl)c2)nc2ccc(C(=O)NC3CCCCC3)cc12. The van der Waals surface area contributed by atoms with Crippen molar-refractivity contribution in [2.75, 3.05) is 6.61 Å². The van der Waals surface area contributed by atoms with E-state index in [4.69, 9.17) is 21.3 Å². The van der Waals surface area contributed by atoms with Crippen molar-refractivity contribution in [2.24, 2.45) is 0 Å². The topological polar surface area (TPSA) is 51.2 Å². The maximum absolute atomic E-state index is 12.8. The Balaban J connectivity index is 1.69. The molecule has 0 unspecified atom stereocenters. The van der Waals surface area contributed by atoms with E-state index in [0.29, 0.717) is 17.2 Å². The van der Waals surface area contributed by atoms with Gasteiger partial charge in [-0.25, -0.2) is 4.98 Å². The standard InChI is InChI=1S/C24H25ClN2O2/c1-2-29-23-15-22(16-7-6-8-18(25)13-16)27-21-12-11-17(14-20(21)23)24(28)26-19-9-4-3-5-10-19/h6-8,11-15,19H,2-5,9-10H2,1H3,(H,26,28). The first kappa shape index (κ1) is 19.7. The monoisotopic (exact) mass is 408 g/mol. The van der Waals surface area contributed by atoms with Crippen LogP contribution in [0.2, 0.25) is 5.02 Å². The number of fused-ring (bicyclic) bond motifs is 1. The zero-order valence-corrected chi connectivity index (χ0v) is 17.3. The third-order valence-electron chi connectivity index (χ3n) is 5.39. The molecule has 1 aromatic heterocycles. The van der Waals surface area contributed by atoms with Crippen LogP contribution in [-0.2, 0) is 0 Å². The van der Waals surface area contributed by atoms with Gasteiger partial charge in [-0.2, -0.15) is 0 Å². The van der Waals surface area contributed by atoms with Crippen molar-refractivity contribution in [3.05, 3.63) is 59.1 Å². The summed E-state index contributed by atoms with van der Waals surface area (Å²) < 4.78 is 5.89. The lowest BCUT2D eigenvalue weighted by Gasteiger charge is -2.22. The molecule has 1 aliphatic rings. The molecule has 0 bridgehead atoms. The van der Waals surface area contributed by atoms with Crippen LogP contribution in [0.3, 0.4) is 0 Å². The number of nitrogens with zero attached hydrogens (tertiary/aromatic N) is 1. The van der Waals surface area contributed by atoms with E-state index in [-0.39, 0.29) is 11.9 Å². The van der Waals surface area contributed by atoms with Crippen LogP contribution in [-0.4, -0.2) is 23.5 Å². The average Bonchev–Trinajstić information content (AvgIpc) is 2.74. The number of amides is 1. The highest BCUT2D eigenvalue weighted by Crippen LogP contribution is 2.32. The minimum absolute atomic E-state index is 0.0276. The molecule has 4 rings (SSSR count). The third-order valence-corrected chi connectivity index (χ3v) is 5.63. The molecule has 1 aliphatic carbocycles. The molecule has 3 aromatic rings. The summed E-state index contributed by atoms with van der Waals surface area (Å²) in [5, 5.41) is 4.69. The van der Waals surface area contributed by atoms with E-state index >= 15 is 0 Å². The largest absolute Gasteiger partial charge is 0.493 e. The number of carbonyl (C=O) groups excluding carboxylic acids is 1. The summed E-state index contributed by atoms with van der Waals surface area (Å²) >= 11 is 6.15. The maximum atomic E-state index is 12.8. The van der Waals surface area contributed by atoms with E-state index in [1.165, 1.54) is 19.3 Å². The van der Waals surface area contributed by atoms with Crippen LogP contribution in [0.15, 0.2) is 48.5 Å². The Hall–Kier alpha value is -2.59. The quantitative estimate of drug-likeness (QED) is 0.561. The molecule has 0 saturated heterocycles. The van der Waals surface area contributed by atoms with Gasteiger partial charge in [-0.1, -0.05) is 43.0 Å². The number of carbonyl (C=O) groups is 1. The lowest BCUT2D eigenvalue weighted by Crippen LogP contribution is -2.36.